The highest BCUT2D eigenvalue weighted by molar-refractivity contribution is 5.95. The number of phenols is 1. The van der Waals surface area contributed by atoms with Crippen molar-refractivity contribution in [3.8, 4) is 11.5 Å². The number of benzene rings is 3. The second-order valence-corrected chi connectivity index (χ2v) is 9.67. The molecule has 13 nitrogen and oxygen atoms in total. The summed E-state index contributed by atoms with van der Waals surface area (Å²) in [6, 6.07) is 18.2. The summed E-state index contributed by atoms with van der Waals surface area (Å²) in [5.41, 5.74) is 3.96. The molecule has 1 aliphatic heterocycles. The Bertz CT molecular complexity index is 1840. The van der Waals surface area contributed by atoms with E-state index in [2.05, 4.69) is 20.6 Å². The number of methoxy groups -OCH3 is 1. The third kappa shape index (κ3) is 4.54. The third-order valence-electron chi connectivity index (χ3n) is 7.27. The van der Waals surface area contributed by atoms with Crippen molar-refractivity contribution in [2.45, 2.75) is 33.2 Å². The van der Waals surface area contributed by atoms with Gasteiger partial charge in [-0.05, 0) is 55.8 Å². The summed E-state index contributed by atoms with van der Waals surface area (Å²) in [4.78, 5) is 31.1. The molecule has 2 amide bonds. The van der Waals surface area contributed by atoms with E-state index >= 15 is 0 Å². The van der Waals surface area contributed by atoms with Crippen molar-refractivity contribution in [3.63, 3.8) is 0 Å². The van der Waals surface area contributed by atoms with Crippen LogP contribution in [0.3, 0.4) is 0 Å². The minimum Gasteiger partial charge on any atom is -0.504 e. The van der Waals surface area contributed by atoms with E-state index in [1.165, 1.54) is 23.0 Å². The van der Waals surface area contributed by atoms with Crippen molar-refractivity contribution in [2.24, 2.45) is 0 Å². The summed E-state index contributed by atoms with van der Waals surface area (Å²) >= 11 is 0. The lowest BCUT2D eigenvalue weighted by atomic mass is 9.93. The van der Waals surface area contributed by atoms with Crippen molar-refractivity contribution in [2.75, 3.05) is 13.7 Å². The fourth-order valence-corrected chi connectivity index (χ4v) is 5.22. The van der Waals surface area contributed by atoms with E-state index in [9.17, 15) is 14.7 Å². The van der Waals surface area contributed by atoms with Crippen LogP contribution in [0.15, 0.2) is 78.0 Å². The fraction of sp³-hybridized carbons (Fsp3) is 0.241. The van der Waals surface area contributed by atoms with E-state index in [1.807, 2.05) is 48.5 Å². The van der Waals surface area contributed by atoms with E-state index in [0.29, 0.717) is 27.8 Å². The maximum atomic E-state index is 14.5. The summed E-state index contributed by atoms with van der Waals surface area (Å²) in [6.45, 7) is 3.51. The van der Waals surface area contributed by atoms with Gasteiger partial charge in [0, 0.05) is 5.70 Å². The molecule has 3 aromatic carbocycles. The van der Waals surface area contributed by atoms with Gasteiger partial charge in [-0.15, -0.1) is 10.2 Å². The van der Waals surface area contributed by atoms with Crippen LogP contribution in [0.5, 0.6) is 11.5 Å². The topological polar surface area (TPSA) is 141 Å². The summed E-state index contributed by atoms with van der Waals surface area (Å²) in [5, 5.41) is 27.3. The molecule has 3 heterocycles. The Morgan fingerprint density at radius 1 is 0.929 bits per heavy atom. The largest absolute Gasteiger partial charge is 0.504 e. The van der Waals surface area contributed by atoms with Gasteiger partial charge in [0.2, 0.25) is 0 Å². The van der Waals surface area contributed by atoms with Crippen LogP contribution in [-0.2, 0) is 22.9 Å². The molecule has 214 valence electrons. The van der Waals surface area contributed by atoms with Gasteiger partial charge in [-0.3, -0.25) is 9.80 Å². The molecule has 2 aromatic heterocycles. The number of fused-ring (bicyclic) bond motifs is 2. The molecule has 1 atom stereocenters. The summed E-state index contributed by atoms with van der Waals surface area (Å²) in [7, 11) is 1.43. The molecule has 1 unspecified atom stereocenters. The van der Waals surface area contributed by atoms with Gasteiger partial charge in [-0.2, -0.15) is 0 Å². The Kier molecular flexibility index (Phi) is 6.90. The minimum atomic E-state index is -0.905. The van der Waals surface area contributed by atoms with Crippen molar-refractivity contribution in [3.05, 3.63) is 83.6 Å². The summed E-state index contributed by atoms with van der Waals surface area (Å²) in [6.07, 6.45) is 0. The van der Waals surface area contributed by atoms with Crippen LogP contribution in [0.25, 0.3) is 22.1 Å². The zero-order chi connectivity index (χ0) is 29.4. The molecule has 42 heavy (non-hydrogen) atoms. The van der Waals surface area contributed by atoms with Crippen molar-refractivity contribution >= 4 is 34.1 Å². The molecule has 0 bridgehead atoms. The number of carbonyl (C=O) groups excluding carboxylic acids is 2. The maximum absolute atomic E-state index is 14.5. The van der Waals surface area contributed by atoms with Gasteiger partial charge in [-0.25, -0.2) is 19.0 Å². The second-order valence-electron chi connectivity index (χ2n) is 9.67. The Hall–Kier alpha value is -5.46. The highest BCUT2D eigenvalue weighted by atomic mass is 16.5. The molecule has 1 aliphatic rings. The number of allylic oxidation sites excluding steroid dienone is 1. The predicted octanol–water partition coefficient (Wildman–Crippen LogP) is 3.82. The molecule has 13 heteroatoms. The quantitative estimate of drug-likeness (QED) is 0.277. The first kappa shape index (κ1) is 26.7. The number of esters is 1. The number of ether oxygens (including phenoxy) is 2. The fourth-order valence-electron chi connectivity index (χ4n) is 5.22. The van der Waals surface area contributed by atoms with Crippen LogP contribution >= 0.6 is 0 Å². The van der Waals surface area contributed by atoms with E-state index in [1.54, 1.807) is 35.3 Å². The van der Waals surface area contributed by atoms with Crippen LogP contribution in [-0.4, -0.2) is 70.6 Å². The molecule has 5 aromatic rings. The van der Waals surface area contributed by atoms with Gasteiger partial charge < -0.3 is 14.6 Å². The first-order valence-electron chi connectivity index (χ1n) is 13.3. The number of nitrogens with zero attached hydrogens (tertiary/aromatic N) is 8. The van der Waals surface area contributed by atoms with Gasteiger partial charge in [0.05, 0.1) is 36.4 Å². The molecule has 0 aliphatic carbocycles. The Morgan fingerprint density at radius 3 is 2.17 bits per heavy atom. The molecule has 0 radical (unpaired) electrons. The number of carbonyl (C=O) groups is 2. The average molecular weight is 569 g/mol. The average Bonchev–Trinajstić information content (AvgIpc) is 3.61. The van der Waals surface area contributed by atoms with Gasteiger partial charge in [0.15, 0.2) is 11.5 Å². The molecule has 6 rings (SSSR count). The van der Waals surface area contributed by atoms with Crippen molar-refractivity contribution in [1.29, 1.82) is 0 Å². The van der Waals surface area contributed by atoms with Gasteiger partial charge in [0.25, 0.3) is 0 Å². The molecule has 0 saturated heterocycles. The molecule has 0 fully saturated rings. The van der Waals surface area contributed by atoms with Crippen molar-refractivity contribution in [1.82, 2.24) is 39.8 Å². The minimum absolute atomic E-state index is 0.00565. The highest BCUT2D eigenvalue weighted by Gasteiger charge is 2.43. The van der Waals surface area contributed by atoms with Crippen LogP contribution in [0.2, 0.25) is 0 Å². The Balaban J connectivity index is 1.53. The van der Waals surface area contributed by atoms with E-state index in [0.717, 1.165) is 5.52 Å². The van der Waals surface area contributed by atoms with Gasteiger partial charge in [-0.1, -0.05) is 40.8 Å². The maximum Gasteiger partial charge on any atom is 0.338 e. The normalized spacial score (nSPS) is 15.6. The predicted molar refractivity (Wildman–Crippen MR) is 151 cm³/mol. The third-order valence-corrected chi connectivity index (χ3v) is 7.27. The highest BCUT2D eigenvalue weighted by Crippen LogP contribution is 2.41. The number of urea groups is 1. The monoisotopic (exact) mass is 568 g/mol. The van der Waals surface area contributed by atoms with E-state index in [-0.39, 0.29) is 37.0 Å². The number of para-hydroxylation sites is 2. The Labute approximate surface area is 240 Å². The van der Waals surface area contributed by atoms with Crippen LogP contribution in [0, 0.1) is 0 Å². The number of aromatic hydroxyl groups is 1. The summed E-state index contributed by atoms with van der Waals surface area (Å²) in [5.74, 6) is -0.458. The first-order valence-corrected chi connectivity index (χ1v) is 13.3. The lowest BCUT2D eigenvalue weighted by molar-refractivity contribution is -0.139. The van der Waals surface area contributed by atoms with Gasteiger partial charge in [0.1, 0.15) is 24.4 Å². The first-order chi connectivity index (χ1) is 20.4. The lowest BCUT2D eigenvalue weighted by Crippen LogP contribution is -2.51. The number of amides is 2. The van der Waals surface area contributed by atoms with Crippen LogP contribution in [0.1, 0.15) is 25.5 Å². The van der Waals surface area contributed by atoms with Crippen LogP contribution in [0.4, 0.5) is 4.79 Å². The molecular weight excluding hydrogens is 540 g/mol. The smallest absolute Gasteiger partial charge is 0.338 e. The number of aromatic nitrogens is 6. The van der Waals surface area contributed by atoms with Crippen molar-refractivity contribution < 1.29 is 24.2 Å². The van der Waals surface area contributed by atoms with E-state index in [4.69, 9.17) is 9.47 Å². The molecule has 0 spiro atoms. The van der Waals surface area contributed by atoms with E-state index < -0.39 is 18.0 Å². The number of rotatable bonds is 8. The Morgan fingerprint density at radius 2 is 1.55 bits per heavy atom. The molecule has 1 N–H and O–H groups in total. The lowest BCUT2D eigenvalue weighted by Gasteiger charge is -2.42. The van der Waals surface area contributed by atoms with Gasteiger partial charge >= 0.3 is 12.0 Å². The number of hydrogen-bond acceptors (Lipinski definition) is 9. The molecular formula is C29H28N8O5. The van der Waals surface area contributed by atoms with Crippen LogP contribution < -0.4 is 4.74 Å². The summed E-state index contributed by atoms with van der Waals surface area (Å²) < 4.78 is 14.1. The standard InChI is InChI=1S/C29H28N8O5/c1-4-42-28(39)26-18(2)34(16-36-22-11-7-5-9-20(22)30-32-36)29(40)35(17-37-23-12-8-6-10-21(23)31-33-37)27(26)19-13-14-24(38)25(15-19)41-3/h5-15,27,38H,4,16-17H2,1-3H3. The second kappa shape index (κ2) is 10.8. The molecule has 0 saturated carbocycles. The zero-order valence-corrected chi connectivity index (χ0v) is 23.2. The zero-order valence-electron chi connectivity index (χ0n) is 23.2. The SMILES string of the molecule is CCOC(=O)C1=C(C)N(Cn2nnc3ccccc32)C(=O)N(Cn2nnc3ccccc32)C1c1ccc(O)c(OC)c1. The number of phenolic OH excluding ortho intramolecular Hbond substituents is 1. The number of hydrogen-bond donors (Lipinski definition) is 1.